The number of hydrogen-bond donors (Lipinski definition) is 2. The van der Waals surface area contributed by atoms with Gasteiger partial charge >= 0.3 is 11.1 Å². The maximum Gasteiger partial charge on any atom is 0.314 e. The van der Waals surface area contributed by atoms with Crippen LogP contribution in [-0.4, -0.2) is 18.4 Å². The standard InChI is InChI=1S/C9H6ClFN2O4S/c1-3-2-4-6(13-9(15)8(14)12-4)5(11)7(3)18(10,16)17/h2H,1H3,(H,12,14)(H,13,15). The molecule has 0 aliphatic carbocycles. The zero-order valence-electron chi connectivity index (χ0n) is 8.87. The first-order valence-corrected chi connectivity index (χ1v) is 6.93. The summed E-state index contributed by atoms with van der Waals surface area (Å²) in [5.74, 6) is -1.20. The van der Waals surface area contributed by atoms with Crippen LogP contribution in [-0.2, 0) is 9.05 Å². The average Bonchev–Trinajstić information content (AvgIpc) is 2.19. The molecule has 1 aromatic carbocycles. The molecule has 0 radical (unpaired) electrons. The molecule has 96 valence electrons. The molecule has 0 aliphatic rings. The van der Waals surface area contributed by atoms with Crippen molar-refractivity contribution in [2.45, 2.75) is 11.8 Å². The van der Waals surface area contributed by atoms with Crippen molar-refractivity contribution in [3.8, 4) is 0 Å². The summed E-state index contributed by atoms with van der Waals surface area (Å²) in [7, 11) is 0.813. The van der Waals surface area contributed by atoms with Crippen molar-refractivity contribution in [1.82, 2.24) is 9.97 Å². The molecule has 0 atom stereocenters. The lowest BCUT2D eigenvalue weighted by atomic mass is 10.2. The van der Waals surface area contributed by atoms with Crippen LogP contribution < -0.4 is 11.1 Å². The van der Waals surface area contributed by atoms with E-state index < -0.39 is 36.4 Å². The highest BCUT2D eigenvalue weighted by Crippen LogP contribution is 2.27. The zero-order valence-corrected chi connectivity index (χ0v) is 10.4. The fourth-order valence-electron chi connectivity index (χ4n) is 1.63. The number of aromatic nitrogens is 2. The van der Waals surface area contributed by atoms with Crippen molar-refractivity contribution in [2.75, 3.05) is 0 Å². The summed E-state index contributed by atoms with van der Waals surface area (Å²) in [6, 6.07) is 1.21. The third-order valence-corrected chi connectivity index (χ3v) is 3.80. The van der Waals surface area contributed by atoms with Gasteiger partial charge in [-0.1, -0.05) is 0 Å². The number of aromatic amines is 2. The molecule has 0 saturated heterocycles. The van der Waals surface area contributed by atoms with Crippen LogP contribution in [0.5, 0.6) is 0 Å². The normalized spacial score (nSPS) is 11.9. The van der Waals surface area contributed by atoms with Gasteiger partial charge in [-0.05, 0) is 18.6 Å². The lowest BCUT2D eigenvalue weighted by Gasteiger charge is -2.06. The van der Waals surface area contributed by atoms with Gasteiger partial charge < -0.3 is 9.97 Å². The third kappa shape index (κ3) is 1.93. The minimum absolute atomic E-state index is 0.0151. The van der Waals surface area contributed by atoms with Gasteiger partial charge in [-0.25, -0.2) is 12.8 Å². The molecule has 2 aromatic rings. The fourth-order valence-corrected chi connectivity index (χ4v) is 2.96. The maximum absolute atomic E-state index is 14.0. The molecule has 0 amide bonds. The maximum atomic E-state index is 14.0. The molecule has 0 bridgehead atoms. The van der Waals surface area contributed by atoms with Crippen LogP contribution in [0, 0.1) is 12.7 Å². The molecule has 6 nitrogen and oxygen atoms in total. The van der Waals surface area contributed by atoms with Gasteiger partial charge in [0.1, 0.15) is 10.4 Å². The lowest BCUT2D eigenvalue weighted by molar-refractivity contribution is 0.578. The highest BCUT2D eigenvalue weighted by Gasteiger charge is 2.22. The van der Waals surface area contributed by atoms with E-state index in [0.717, 1.165) is 0 Å². The van der Waals surface area contributed by atoms with Crippen LogP contribution in [0.1, 0.15) is 5.56 Å². The molecule has 1 heterocycles. The first-order valence-electron chi connectivity index (χ1n) is 4.62. The third-order valence-electron chi connectivity index (χ3n) is 2.34. The van der Waals surface area contributed by atoms with Crippen molar-refractivity contribution in [3.63, 3.8) is 0 Å². The Balaban J connectivity index is 3.08. The molecule has 0 unspecified atom stereocenters. The summed E-state index contributed by atoms with van der Waals surface area (Å²) in [5.41, 5.74) is -2.44. The molecule has 9 heteroatoms. The van der Waals surface area contributed by atoms with Crippen molar-refractivity contribution >= 4 is 30.8 Å². The summed E-state index contributed by atoms with van der Waals surface area (Å²) in [6.07, 6.45) is 0. The lowest BCUT2D eigenvalue weighted by Crippen LogP contribution is -2.29. The molecule has 0 aliphatic heterocycles. The van der Waals surface area contributed by atoms with Gasteiger partial charge in [0.2, 0.25) is 0 Å². The Morgan fingerprint density at radius 2 is 1.78 bits per heavy atom. The molecule has 0 fully saturated rings. The monoisotopic (exact) mass is 292 g/mol. The predicted molar refractivity (Wildman–Crippen MR) is 62.9 cm³/mol. The Hall–Kier alpha value is -1.67. The van der Waals surface area contributed by atoms with Gasteiger partial charge in [0.05, 0.1) is 5.52 Å². The van der Waals surface area contributed by atoms with Crippen LogP contribution >= 0.6 is 10.7 Å². The Labute approximate surface area is 104 Å². The van der Waals surface area contributed by atoms with E-state index in [4.69, 9.17) is 10.7 Å². The number of aryl methyl sites for hydroxylation is 1. The fraction of sp³-hybridized carbons (Fsp3) is 0.111. The first kappa shape index (κ1) is 12.8. The van der Waals surface area contributed by atoms with E-state index in [1.807, 2.05) is 4.98 Å². The van der Waals surface area contributed by atoms with E-state index in [-0.39, 0.29) is 11.1 Å². The van der Waals surface area contributed by atoms with Crippen LogP contribution in [0.25, 0.3) is 11.0 Å². The van der Waals surface area contributed by atoms with Gasteiger partial charge in [0.15, 0.2) is 5.82 Å². The van der Waals surface area contributed by atoms with Crippen molar-refractivity contribution < 1.29 is 12.8 Å². The number of benzene rings is 1. The van der Waals surface area contributed by atoms with Crippen LogP contribution in [0.15, 0.2) is 20.6 Å². The van der Waals surface area contributed by atoms with E-state index in [0.29, 0.717) is 0 Å². The van der Waals surface area contributed by atoms with Crippen LogP contribution in [0.2, 0.25) is 0 Å². The molecule has 2 rings (SSSR count). The molecule has 1 aromatic heterocycles. The van der Waals surface area contributed by atoms with E-state index in [9.17, 15) is 22.4 Å². The summed E-state index contributed by atoms with van der Waals surface area (Å²) in [6.45, 7) is 1.32. The van der Waals surface area contributed by atoms with Gasteiger partial charge in [0, 0.05) is 10.7 Å². The summed E-state index contributed by atoms with van der Waals surface area (Å²) >= 11 is 0. The minimum atomic E-state index is -4.30. The molecular weight excluding hydrogens is 287 g/mol. The number of halogens is 2. The second-order valence-electron chi connectivity index (χ2n) is 3.61. The quantitative estimate of drug-likeness (QED) is 0.593. The average molecular weight is 293 g/mol. The summed E-state index contributed by atoms with van der Waals surface area (Å²) in [5, 5.41) is 0. The van der Waals surface area contributed by atoms with E-state index in [1.165, 1.54) is 13.0 Å². The van der Waals surface area contributed by atoms with Crippen molar-refractivity contribution in [2.24, 2.45) is 0 Å². The SMILES string of the molecule is Cc1cc2[nH]c(=O)c(=O)[nH]c2c(F)c1S(=O)(=O)Cl. The Morgan fingerprint density at radius 1 is 1.22 bits per heavy atom. The van der Waals surface area contributed by atoms with Gasteiger partial charge in [-0.2, -0.15) is 0 Å². The molecular formula is C9H6ClFN2O4S. The van der Waals surface area contributed by atoms with Crippen molar-refractivity contribution in [3.05, 3.63) is 38.2 Å². The number of hydrogen-bond acceptors (Lipinski definition) is 4. The Bertz CT molecular complexity index is 868. The largest absolute Gasteiger partial charge is 0.316 e. The number of nitrogens with one attached hydrogen (secondary N) is 2. The summed E-state index contributed by atoms with van der Waals surface area (Å²) in [4.78, 5) is 25.5. The molecule has 18 heavy (non-hydrogen) atoms. The van der Waals surface area contributed by atoms with E-state index in [2.05, 4.69) is 4.98 Å². The second kappa shape index (κ2) is 3.92. The predicted octanol–water partition coefficient (Wildman–Crippen LogP) is 0.591. The van der Waals surface area contributed by atoms with Crippen LogP contribution in [0.3, 0.4) is 0 Å². The number of rotatable bonds is 1. The van der Waals surface area contributed by atoms with Crippen molar-refractivity contribution in [1.29, 1.82) is 0 Å². The van der Waals surface area contributed by atoms with Gasteiger partial charge in [-0.15, -0.1) is 0 Å². The zero-order chi connectivity index (χ0) is 13.7. The first-order chi connectivity index (χ1) is 8.21. The van der Waals surface area contributed by atoms with E-state index >= 15 is 0 Å². The van der Waals surface area contributed by atoms with Crippen LogP contribution in [0.4, 0.5) is 4.39 Å². The van der Waals surface area contributed by atoms with Gasteiger partial charge in [-0.3, -0.25) is 9.59 Å². The number of fused-ring (bicyclic) bond motifs is 1. The Morgan fingerprint density at radius 3 is 2.33 bits per heavy atom. The highest BCUT2D eigenvalue weighted by atomic mass is 35.7. The molecule has 2 N–H and O–H groups in total. The van der Waals surface area contributed by atoms with Gasteiger partial charge in [0.25, 0.3) is 9.05 Å². The van der Waals surface area contributed by atoms with E-state index in [1.54, 1.807) is 0 Å². The number of H-pyrrole nitrogens is 2. The molecule has 0 saturated carbocycles. The molecule has 0 spiro atoms. The Kier molecular flexibility index (Phi) is 2.78. The summed E-state index contributed by atoms with van der Waals surface area (Å²) < 4.78 is 36.4. The smallest absolute Gasteiger partial charge is 0.314 e. The second-order valence-corrected chi connectivity index (χ2v) is 6.11. The topological polar surface area (TPSA) is 99.9 Å². The highest BCUT2D eigenvalue weighted by molar-refractivity contribution is 8.13. The minimum Gasteiger partial charge on any atom is -0.316 e.